The Morgan fingerprint density at radius 2 is 1.84 bits per heavy atom. The lowest BCUT2D eigenvalue weighted by Gasteiger charge is -2.12. The number of pyridine rings is 1. The molecule has 0 saturated heterocycles. The lowest BCUT2D eigenvalue weighted by molar-refractivity contribution is -0.138. The number of para-hydroxylation sites is 1. The normalized spacial score (nSPS) is 11.6. The van der Waals surface area contributed by atoms with Crippen molar-refractivity contribution in [1.82, 2.24) is 9.55 Å². The van der Waals surface area contributed by atoms with Crippen molar-refractivity contribution >= 4 is 44.7 Å². The van der Waals surface area contributed by atoms with E-state index in [0.717, 1.165) is 20.8 Å². The van der Waals surface area contributed by atoms with E-state index in [1.54, 1.807) is 23.5 Å². The van der Waals surface area contributed by atoms with Crippen LogP contribution in [0.5, 0.6) is 0 Å². The zero-order chi connectivity index (χ0) is 22.9. The summed E-state index contributed by atoms with van der Waals surface area (Å²) < 4.78 is 40.6. The highest BCUT2D eigenvalue weighted by molar-refractivity contribution is 7.18. The second-order valence-electron chi connectivity index (χ2n) is 7.00. The van der Waals surface area contributed by atoms with Crippen LogP contribution in [0.1, 0.15) is 16.1 Å². The maximum atomic E-state index is 12.9. The molecule has 0 aliphatic heterocycles. The maximum Gasteiger partial charge on any atom is 0.417 e. The predicted octanol–water partition coefficient (Wildman–Crippen LogP) is 5.36. The van der Waals surface area contributed by atoms with Crippen LogP contribution in [-0.2, 0) is 23.9 Å². The van der Waals surface area contributed by atoms with Crippen molar-refractivity contribution in [3.8, 4) is 0 Å². The quantitative estimate of drug-likeness (QED) is 0.421. The Hall–Kier alpha value is -3.17. The van der Waals surface area contributed by atoms with Crippen LogP contribution in [-0.4, -0.2) is 15.5 Å². The van der Waals surface area contributed by atoms with Crippen LogP contribution in [0.25, 0.3) is 10.2 Å². The minimum atomic E-state index is -4.69. The molecule has 5 nitrogen and oxygen atoms in total. The Balaban J connectivity index is 1.43. The van der Waals surface area contributed by atoms with Crippen molar-refractivity contribution in [2.75, 3.05) is 5.32 Å². The maximum absolute atomic E-state index is 12.9. The van der Waals surface area contributed by atoms with Crippen LogP contribution in [0.15, 0.2) is 65.6 Å². The largest absolute Gasteiger partial charge is 0.417 e. The fraction of sp³-hybridized carbons (Fsp3) is 0.136. The molecule has 0 bridgehead atoms. The number of halogens is 4. The Bertz CT molecular complexity index is 1310. The minimum Gasteiger partial charge on any atom is -0.325 e. The first-order valence-electron chi connectivity index (χ1n) is 9.39. The van der Waals surface area contributed by atoms with Crippen molar-refractivity contribution in [1.29, 1.82) is 0 Å². The number of benzene rings is 2. The number of carbonyl (C=O) groups excluding carboxylic acids is 1. The van der Waals surface area contributed by atoms with Gasteiger partial charge in [0.25, 0.3) is 5.56 Å². The lowest BCUT2D eigenvalue weighted by atomic mass is 10.1. The number of thiazole rings is 1. The van der Waals surface area contributed by atoms with Crippen LogP contribution in [0.3, 0.4) is 0 Å². The van der Waals surface area contributed by atoms with Gasteiger partial charge in [-0.25, -0.2) is 4.98 Å². The molecule has 10 heteroatoms. The molecule has 0 radical (unpaired) electrons. The molecular formula is C22H15ClF3N3O2S. The van der Waals surface area contributed by atoms with Crippen molar-refractivity contribution in [2.24, 2.45) is 0 Å². The molecule has 1 N–H and O–H groups in total. The smallest absolute Gasteiger partial charge is 0.325 e. The van der Waals surface area contributed by atoms with E-state index < -0.39 is 34.8 Å². The first-order chi connectivity index (χ1) is 15.2. The van der Waals surface area contributed by atoms with Gasteiger partial charge in [-0.2, -0.15) is 13.2 Å². The molecule has 1 amide bonds. The molecule has 4 aromatic rings. The van der Waals surface area contributed by atoms with E-state index >= 15 is 0 Å². The summed E-state index contributed by atoms with van der Waals surface area (Å²) in [5.74, 6) is -0.651. The number of fused-ring (bicyclic) bond motifs is 1. The van der Waals surface area contributed by atoms with E-state index in [1.807, 2.05) is 36.4 Å². The highest BCUT2D eigenvalue weighted by atomic mass is 35.5. The lowest BCUT2D eigenvalue weighted by Crippen LogP contribution is -2.29. The number of amides is 1. The highest BCUT2D eigenvalue weighted by Gasteiger charge is 2.32. The van der Waals surface area contributed by atoms with Crippen LogP contribution in [0.4, 0.5) is 18.9 Å². The summed E-state index contributed by atoms with van der Waals surface area (Å²) in [4.78, 5) is 28.9. The zero-order valence-electron chi connectivity index (χ0n) is 16.3. The third-order valence-electron chi connectivity index (χ3n) is 4.61. The Labute approximate surface area is 189 Å². The van der Waals surface area contributed by atoms with E-state index in [9.17, 15) is 22.8 Å². The van der Waals surface area contributed by atoms with Gasteiger partial charge < -0.3 is 9.88 Å². The van der Waals surface area contributed by atoms with Gasteiger partial charge in [-0.05, 0) is 35.9 Å². The molecule has 0 aliphatic carbocycles. The van der Waals surface area contributed by atoms with Gasteiger partial charge >= 0.3 is 6.18 Å². The van der Waals surface area contributed by atoms with E-state index in [0.29, 0.717) is 28.9 Å². The van der Waals surface area contributed by atoms with E-state index in [4.69, 9.17) is 11.6 Å². The van der Waals surface area contributed by atoms with Gasteiger partial charge in [-0.15, -0.1) is 11.3 Å². The number of anilines is 1. The van der Waals surface area contributed by atoms with Gasteiger partial charge in [0.1, 0.15) is 11.6 Å². The number of hydrogen-bond acceptors (Lipinski definition) is 4. The Morgan fingerprint density at radius 3 is 2.53 bits per heavy atom. The first-order valence-corrected chi connectivity index (χ1v) is 10.6. The van der Waals surface area contributed by atoms with Crippen LogP contribution >= 0.6 is 22.9 Å². The molecule has 32 heavy (non-hydrogen) atoms. The van der Waals surface area contributed by atoms with Crippen LogP contribution in [0.2, 0.25) is 5.02 Å². The summed E-state index contributed by atoms with van der Waals surface area (Å²) in [6, 6.07) is 15.4. The molecule has 0 fully saturated rings. The Morgan fingerprint density at radius 1 is 1.12 bits per heavy atom. The number of nitrogens with one attached hydrogen (secondary N) is 1. The van der Waals surface area contributed by atoms with Crippen LogP contribution in [0, 0.1) is 0 Å². The number of aromatic nitrogens is 2. The summed E-state index contributed by atoms with van der Waals surface area (Å²) in [5, 5.41) is 2.93. The second-order valence-corrected chi connectivity index (χ2v) is 8.53. The van der Waals surface area contributed by atoms with Gasteiger partial charge in [-0.1, -0.05) is 35.9 Å². The third-order valence-corrected chi connectivity index (χ3v) is 5.92. The highest BCUT2D eigenvalue weighted by Crippen LogP contribution is 2.29. The van der Waals surface area contributed by atoms with Gasteiger partial charge in [0.2, 0.25) is 5.91 Å². The van der Waals surface area contributed by atoms with Gasteiger partial charge in [0.15, 0.2) is 0 Å². The molecule has 2 heterocycles. The molecule has 0 spiro atoms. The molecule has 4 rings (SSSR count). The topological polar surface area (TPSA) is 64.0 Å². The third kappa shape index (κ3) is 5.00. The van der Waals surface area contributed by atoms with Gasteiger partial charge in [-0.3, -0.25) is 9.59 Å². The standard InChI is InChI=1S/C22H15ClF3N3O2S/c23-16-10-14(22(24,25)26)11-29(21(16)31)12-19(30)27-15-7-5-13(6-8-15)9-20-28-17-3-1-2-4-18(17)32-20/h1-8,10-11H,9,12H2,(H,27,30). The van der Waals surface area contributed by atoms with E-state index in [2.05, 4.69) is 10.3 Å². The molecule has 2 aromatic carbocycles. The zero-order valence-corrected chi connectivity index (χ0v) is 17.9. The summed E-state index contributed by atoms with van der Waals surface area (Å²) in [7, 11) is 0. The summed E-state index contributed by atoms with van der Waals surface area (Å²) in [6.07, 6.45) is -3.48. The molecule has 0 unspecified atom stereocenters. The van der Waals surface area contributed by atoms with Gasteiger partial charge in [0, 0.05) is 18.3 Å². The molecule has 0 atom stereocenters. The monoisotopic (exact) mass is 477 g/mol. The van der Waals surface area contributed by atoms with Crippen LogP contribution < -0.4 is 10.9 Å². The SMILES string of the molecule is O=C(Cn1cc(C(F)(F)F)cc(Cl)c1=O)Nc1ccc(Cc2nc3ccccc3s2)cc1. The number of hydrogen-bond donors (Lipinski definition) is 1. The first kappa shape index (κ1) is 22.0. The van der Waals surface area contributed by atoms with Crippen molar-refractivity contribution in [3.63, 3.8) is 0 Å². The molecule has 0 aliphatic rings. The summed E-state index contributed by atoms with van der Waals surface area (Å²) in [6.45, 7) is -0.601. The Kier molecular flexibility index (Phi) is 6.03. The molecule has 164 valence electrons. The molecular weight excluding hydrogens is 463 g/mol. The number of alkyl halides is 3. The predicted molar refractivity (Wildman–Crippen MR) is 118 cm³/mol. The van der Waals surface area contributed by atoms with Crippen molar-refractivity contribution in [2.45, 2.75) is 19.1 Å². The fourth-order valence-electron chi connectivity index (χ4n) is 3.10. The fourth-order valence-corrected chi connectivity index (χ4v) is 4.33. The van der Waals surface area contributed by atoms with E-state index in [1.165, 1.54) is 0 Å². The van der Waals surface area contributed by atoms with Crippen molar-refractivity contribution < 1.29 is 18.0 Å². The molecule has 0 saturated carbocycles. The van der Waals surface area contributed by atoms with Crippen molar-refractivity contribution in [3.05, 3.63) is 92.3 Å². The number of nitrogens with zero attached hydrogens (tertiary/aromatic N) is 2. The minimum absolute atomic E-state index is 0.453. The average molecular weight is 478 g/mol. The number of carbonyl (C=O) groups is 1. The van der Waals surface area contributed by atoms with Gasteiger partial charge in [0.05, 0.1) is 20.8 Å². The number of rotatable bonds is 5. The summed E-state index contributed by atoms with van der Waals surface area (Å²) in [5.41, 5.74) is 0.411. The second kappa shape index (κ2) is 8.76. The van der Waals surface area contributed by atoms with E-state index in [-0.39, 0.29) is 0 Å². The average Bonchev–Trinajstić information content (AvgIpc) is 3.14. The summed E-state index contributed by atoms with van der Waals surface area (Å²) >= 11 is 7.22. The molecule has 2 aromatic heterocycles.